The fraction of sp³-hybridized carbons (Fsp3) is 0.929. The molecule has 2 unspecified atom stereocenters. The third kappa shape index (κ3) is 11.5. The van der Waals surface area contributed by atoms with Crippen LogP contribution >= 0.6 is 0 Å². The Bertz CT molecular complexity index is 155. The minimum atomic E-state index is -0.135. The number of carbonyl (C=O) groups excluding carboxylic acids is 1. The lowest BCUT2D eigenvalue weighted by molar-refractivity contribution is -0.148. The van der Waals surface area contributed by atoms with Crippen molar-refractivity contribution < 1.29 is 9.53 Å². The van der Waals surface area contributed by atoms with Gasteiger partial charge in [0.1, 0.15) is 6.10 Å². The number of ether oxygens (including phenoxy) is 1. The highest BCUT2D eigenvalue weighted by Crippen LogP contribution is 2.25. The van der Waals surface area contributed by atoms with E-state index in [0.29, 0.717) is 0 Å². The Labute approximate surface area is 102 Å². The highest BCUT2D eigenvalue weighted by atomic mass is 16.5. The fourth-order valence-electron chi connectivity index (χ4n) is 1.72. The van der Waals surface area contributed by atoms with Crippen LogP contribution in [0.3, 0.4) is 0 Å². The van der Waals surface area contributed by atoms with E-state index >= 15 is 0 Å². The molecule has 0 bridgehead atoms. The van der Waals surface area contributed by atoms with Crippen LogP contribution in [0.4, 0.5) is 0 Å². The van der Waals surface area contributed by atoms with Crippen LogP contribution in [-0.4, -0.2) is 12.1 Å². The Hall–Kier alpha value is -0.530. The van der Waals surface area contributed by atoms with E-state index in [-0.39, 0.29) is 12.1 Å². The summed E-state index contributed by atoms with van der Waals surface area (Å²) in [5, 5.41) is 0. The predicted octanol–water partition coefficient (Wildman–Crippen LogP) is 4.57. The molecule has 1 saturated carbocycles. The summed E-state index contributed by atoms with van der Waals surface area (Å²) in [6.45, 7) is 12.0. The van der Waals surface area contributed by atoms with Gasteiger partial charge in [0.05, 0.1) is 0 Å². The number of hydrogen-bond acceptors (Lipinski definition) is 2. The van der Waals surface area contributed by atoms with Gasteiger partial charge in [-0.3, -0.25) is 4.79 Å². The molecule has 1 rings (SSSR count). The quantitative estimate of drug-likeness (QED) is 0.617. The van der Waals surface area contributed by atoms with Crippen LogP contribution < -0.4 is 0 Å². The van der Waals surface area contributed by atoms with Crippen LogP contribution in [0.1, 0.15) is 73.6 Å². The number of hydrogen-bond donors (Lipinski definition) is 0. The Balaban J connectivity index is 0. The van der Waals surface area contributed by atoms with Gasteiger partial charge in [-0.1, -0.05) is 47.5 Å². The average molecular weight is 230 g/mol. The molecule has 0 aromatic carbocycles. The largest absolute Gasteiger partial charge is 0.463 e. The molecule has 1 fully saturated rings. The molecule has 2 nitrogen and oxygen atoms in total. The summed E-state index contributed by atoms with van der Waals surface area (Å²) >= 11 is 0. The molecule has 16 heavy (non-hydrogen) atoms. The van der Waals surface area contributed by atoms with E-state index in [1.54, 1.807) is 0 Å². The standard InChI is InChI=1S/C9H16O2.C3H8.C2H6/c1-7-4-3-5-9(6-7)11-8(2)10;1-3-2;1-2/h7,9H,3-6H2,1-2H3;3H2,1-2H3;1-2H3. The lowest BCUT2D eigenvalue weighted by atomic mass is 9.89. The summed E-state index contributed by atoms with van der Waals surface area (Å²) < 4.78 is 5.12. The lowest BCUT2D eigenvalue weighted by Crippen LogP contribution is -2.23. The first-order valence-electron chi connectivity index (χ1n) is 6.77. The van der Waals surface area contributed by atoms with Crippen molar-refractivity contribution in [3.63, 3.8) is 0 Å². The minimum absolute atomic E-state index is 0.135. The molecule has 0 saturated heterocycles. The third-order valence-electron chi connectivity index (χ3n) is 2.22. The van der Waals surface area contributed by atoms with Crippen molar-refractivity contribution >= 4 is 5.97 Å². The second kappa shape index (κ2) is 12.5. The molecule has 0 amide bonds. The van der Waals surface area contributed by atoms with E-state index in [9.17, 15) is 4.79 Å². The molecule has 0 N–H and O–H groups in total. The molecular weight excluding hydrogens is 200 g/mol. The van der Waals surface area contributed by atoms with Gasteiger partial charge in [-0.25, -0.2) is 0 Å². The smallest absolute Gasteiger partial charge is 0.302 e. The first kappa shape index (κ1) is 17.9. The lowest BCUT2D eigenvalue weighted by Gasteiger charge is -2.25. The van der Waals surface area contributed by atoms with Gasteiger partial charge in [0.15, 0.2) is 0 Å². The highest BCUT2D eigenvalue weighted by molar-refractivity contribution is 5.66. The molecule has 0 radical (unpaired) electrons. The molecule has 0 spiro atoms. The Morgan fingerprint density at radius 2 is 1.75 bits per heavy atom. The molecule has 0 aromatic heterocycles. The van der Waals surface area contributed by atoms with Crippen molar-refractivity contribution in [1.82, 2.24) is 0 Å². The number of esters is 1. The minimum Gasteiger partial charge on any atom is -0.463 e. The summed E-state index contributed by atoms with van der Waals surface area (Å²) in [5.41, 5.74) is 0. The Kier molecular flexibility index (Phi) is 14.0. The molecule has 2 heteroatoms. The van der Waals surface area contributed by atoms with Gasteiger partial charge in [-0.2, -0.15) is 0 Å². The van der Waals surface area contributed by atoms with Crippen molar-refractivity contribution in [1.29, 1.82) is 0 Å². The molecular formula is C14H30O2. The summed E-state index contributed by atoms with van der Waals surface area (Å²) in [5.74, 6) is 0.595. The van der Waals surface area contributed by atoms with Crippen molar-refractivity contribution in [2.24, 2.45) is 5.92 Å². The number of carbonyl (C=O) groups is 1. The summed E-state index contributed by atoms with van der Waals surface area (Å²) in [4.78, 5) is 10.6. The Morgan fingerprint density at radius 1 is 1.25 bits per heavy atom. The third-order valence-corrected chi connectivity index (χ3v) is 2.22. The molecule has 98 valence electrons. The zero-order valence-electron chi connectivity index (χ0n) is 12.0. The summed E-state index contributed by atoms with van der Waals surface area (Å²) in [6, 6.07) is 0. The van der Waals surface area contributed by atoms with Crippen LogP contribution in [0.15, 0.2) is 0 Å². The maximum atomic E-state index is 10.6. The van der Waals surface area contributed by atoms with E-state index in [4.69, 9.17) is 4.74 Å². The number of rotatable bonds is 1. The highest BCUT2D eigenvalue weighted by Gasteiger charge is 2.20. The molecule has 0 aromatic rings. The molecule has 1 aliphatic carbocycles. The normalized spacial score (nSPS) is 23.1. The monoisotopic (exact) mass is 230 g/mol. The van der Waals surface area contributed by atoms with Gasteiger partial charge >= 0.3 is 5.97 Å². The van der Waals surface area contributed by atoms with Gasteiger partial charge in [-0.15, -0.1) is 0 Å². The van der Waals surface area contributed by atoms with Crippen LogP contribution in [0, 0.1) is 5.92 Å². The van der Waals surface area contributed by atoms with Gasteiger partial charge < -0.3 is 4.74 Å². The van der Waals surface area contributed by atoms with E-state index in [2.05, 4.69) is 20.8 Å². The second-order valence-electron chi connectivity index (χ2n) is 4.21. The molecule has 2 atom stereocenters. The first-order valence-corrected chi connectivity index (χ1v) is 6.77. The van der Waals surface area contributed by atoms with E-state index in [1.165, 1.54) is 26.2 Å². The van der Waals surface area contributed by atoms with Crippen molar-refractivity contribution in [3.05, 3.63) is 0 Å². The average Bonchev–Trinajstić information content (AvgIpc) is 2.21. The molecule has 0 heterocycles. The van der Waals surface area contributed by atoms with Crippen molar-refractivity contribution in [2.45, 2.75) is 79.8 Å². The van der Waals surface area contributed by atoms with Crippen LogP contribution in [0.5, 0.6) is 0 Å². The van der Waals surface area contributed by atoms with E-state index < -0.39 is 0 Å². The zero-order chi connectivity index (χ0) is 13.0. The Morgan fingerprint density at radius 3 is 2.12 bits per heavy atom. The topological polar surface area (TPSA) is 26.3 Å². The molecule has 0 aliphatic heterocycles. The summed E-state index contributed by atoms with van der Waals surface area (Å²) in [6.07, 6.45) is 6.07. The predicted molar refractivity (Wildman–Crippen MR) is 70.5 cm³/mol. The molecule has 1 aliphatic rings. The fourth-order valence-corrected chi connectivity index (χ4v) is 1.72. The van der Waals surface area contributed by atoms with Gasteiger partial charge in [0.25, 0.3) is 0 Å². The SMILES string of the molecule is CC.CC(=O)OC1CCCC(C)C1.CCC. The van der Waals surface area contributed by atoms with Gasteiger partial charge in [0, 0.05) is 6.92 Å². The van der Waals surface area contributed by atoms with E-state index in [1.807, 2.05) is 13.8 Å². The van der Waals surface area contributed by atoms with Crippen LogP contribution in [-0.2, 0) is 9.53 Å². The maximum Gasteiger partial charge on any atom is 0.302 e. The van der Waals surface area contributed by atoms with Crippen molar-refractivity contribution in [3.8, 4) is 0 Å². The zero-order valence-corrected chi connectivity index (χ0v) is 12.0. The second-order valence-corrected chi connectivity index (χ2v) is 4.21. The van der Waals surface area contributed by atoms with Crippen molar-refractivity contribution in [2.75, 3.05) is 0 Å². The van der Waals surface area contributed by atoms with Crippen LogP contribution in [0.25, 0.3) is 0 Å². The first-order chi connectivity index (χ1) is 7.60. The van der Waals surface area contributed by atoms with E-state index in [0.717, 1.165) is 18.8 Å². The maximum absolute atomic E-state index is 10.6. The van der Waals surface area contributed by atoms with Gasteiger partial charge in [-0.05, 0) is 25.2 Å². The van der Waals surface area contributed by atoms with Gasteiger partial charge in [0.2, 0.25) is 0 Å². The summed E-state index contributed by atoms with van der Waals surface area (Å²) in [7, 11) is 0. The van der Waals surface area contributed by atoms with Crippen LogP contribution in [0.2, 0.25) is 0 Å².